The third kappa shape index (κ3) is 5.04. The fourth-order valence-electron chi connectivity index (χ4n) is 5.41. The summed E-state index contributed by atoms with van der Waals surface area (Å²) in [6.07, 6.45) is 2.16. The van der Waals surface area contributed by atoms with Crippen LogP contribution in [0.1, 0.15) is 24.8 Å². The van der Waals surface area contributed by atoms with Crippen molar-refractivity contribution in [1.29, 1.82) is 0 Å². The second-order valence-electron chi connectivity index (χ2n) is 9.90. The number of aliphatic hydroxyl groups is 1. The van der Waals surface area contributed by atoms with Gasteiger partial charge in [0.25, 0.3) is 0 Å². The maximum Gasteiger partial charge on any atom is 0.324 e. The highest BCUT2D eigenvalue weighted by molar-refractivity contribution is 6.01. The lowest BCUT2D eigenvalue weighted by Gasteiger charge is -2.42. The van der Waals surface area contributed by atoms with Gasteiger partial charge in [0, 0.05) is 55.5 Å². The average Bonchev–Trinajstić information content (AvgIpc) is 3.37. The highest BCUT2D eigenvalue weighted by Gasteiger charge is 2.40. The number of urea groups is 1. The number of anilines is 3. The first-order valence-electron chi connectivity index (χ1n) is 12.8. The van der Waals surface area contributed by atoms with Crippen LogP contribution in [0.2, 0.25) is 0 Å². The molecule has 3 aromatic rings. The fraction of sp³-hybridized carbons (Fsp3) is 0.333. The molecule has 3 aromatic carbocycles. The third-order valence-electron chi connectivity index (χ3n) is 7.65. The van der Waals surface area contributed by atoms with Crippen molar-refractivity contribution in [2.75, 3.05) is 43.2 Å². The summed E-state index contributed by atoms with van der Waals surface area (Å²) in [4.78, 5) is 32.5. The van der Waals surface area contributed by atoms with Crippen LogP contribution in [0.4, 0.5) is 21.9 Å². The van der Waals surface area contributed by atoms with Gasteiger partial charge in [0.1, 0.15) is 5.75 Å². The molecule has 3 amide bonds. The largest absolute Gasteiger partial charge is 0.497 e. The fourth-order valence-corrected chi connectivity index (χ4v) is 5.41. The molecule has 7 nitrogen and oxygen atoms in total. The normalized spacial score (nSPS) is 16.3. The van der Waals surface area contributed by atoms with E-state index >= 15 is 0 Å². The summed E-state index contributed by atoms with van der Waals surface area (Å²) in [7, 11) is 1.62. The zero-order valence-corrected chi connectivity index (χ0v) is 21.2. The van der Waals surface area contributed by atoms with E-state index in [1.165, 1.54) is 0 Å². The van der Waals surface area contributed by atoms with Crippen molar-refractivity contribution in [1.82, 2.24) is 4.90 Å². The van der Waals surface area contributed by atoms with Gasteiger partial charge in [0.2, 0.25) is 5.91 Å². The molecule has 0 radical (unpaired) electrons. The van der Waals surface area contributed by atoms with E-state index in [4.69, 9.17) is 4.74 Å². The van der Waals surface area contributed by atoms with Crippen LogP contribution in [0.5, 0.6) is 5.75 Å². The number of amides is 3. The number of aliphatic hydroxyl groups excluding tert-OH is 1. The molecule has 5 rings (SSSR count). The van der Waals surface area contributed by atoms with Gasteiger partial charge in [-0.25, -0.2) is 4.79 Å². The molecule has 192 valence electrons. The van der Waals surface area contributed by atoms with Gasteiger partial charge < -0.3 is 14.7 Å². The second-order valence-corrected chi connectivity index (χ2v) is 9.90. The van der Waals surface area contributed by atoms with Crippen molar-refractivity contribution < 1.29 is 19.4 Å². The van der Waals surface area contributed by atoms with Gasteiger partial charge >= 0.3 is 6.03 Å². The van der Waals surface area contributed by atoms with Gasteiger partial charge in [0.05, 0.1) is 12.8 Å². The minimum atomic E-state index is -0.568. The summed E-state index contributed by atoms with van der Waals surface area (Å²) in [6, 6.07) is 25.0. The number of nitrogens with zero attached hydrogens (tertiary/aromatic N) is 3. The molecular formula is C30H33N3O4. The summed E-state index contributed by atoms with van der Waals surface area (Å²) >= 11 is 0. The number of carbonyl (C=O) groups is 2. The molecular weight excluding hydrogens is 466 g/mol. The number of carbonyl (C=O) groups excluding carboxylic acids is 2. The van der Waals surface area contributed by atoms with Gasteiger partial charge in [0.15, 0.2) is 0 Å². The molecule has 37 heavy (non-hydrogen) atoms. The minimum Gasteiger partial charge on any atom is -0.497 e. The zero-order valence-electron chi connectivity index (χ0n) is 21.2. The maximum atomic E-state index is 13.7. The van der Waals surface area contributed by atoms with Gasteiger partial charge in [-0.05, 0) is 55.2 Å². The van der Waals surface area contributed by atoms with Crippen LogP contribution in [0.3, 0.4) is 0 Å². The number of ether oxygens (including phenoxy) is 1. The lowest BCUT2D eigenvalue weighted by atomic mass is 9.76. The van der Waals surface area contributed by atoms with Crippen LogP contribution >= 0.6 is 0 Å². The molecule has 1 fully saturated rings. The number of fused-ring (bicyclic) bond motifs is 1. The Hall–Kier alpha value is -3.84. The van der Waals surface area contributed by atoms with E-state index in [2.05, 4.69) is 0 Å². The molecule has 0 aromatic heterocycles. The smallest absolute Gasteiger partial charge is 0.324 e. The van der Waals surface area contributed by atoms with Gasteiger partial charge in [-0.3, -0.25) is 14.6 Å². The molecule has 2 aliphatic rings. The predicted molar refractivity (Wildman–Crippen MR) is 144 cm³/mol. The molecule has 0 unspecified atom stereocenters. The van der Waals surface area contributed by atoms with E-state index in [-0.39, 0.29) is 25.0 Å². The van der Waals surface area contributed by atoms with E-state index in [0.29, 0.717) is 32.5 Å². The van der Waals surface area contributed by atoms with Crippen molar-refractivity contribution in [3.05, 3.63) is 84.4 Å². The molecule has 0 aliphatic carbocycles. The summed E-state index contributed by atoms with van der Waals surface area (Å²) in [5.41, 5.74) is 3.07. The summed E-state index contributed by atoms with van der Waals surface area (Å²) in [5.74, 6) is 0.670. The Bertz CT molecular complexity index is 1200. The average molecular weight is 500 g/mol. The van der Waals surface area contributed by atoms with Crippen molar-refractivity contribution in [2.24, 2.45) is 5.41 Å². The van der Waals surface area contributed by atoms with E-state index < -0.39 is 5.41 Å². The van der Waals surface area contributed by atoms with Gasteiger partial charge in [-0.2, -0.15) is 0 Å². The van der Waals surface area contributed by atoms with Crippen LogP contribution in [0.25, 0.3) is 0 Å². The number of para-hydroxylation sites is 2. The van der Waals surface area contributed by atoms with Gasteiger partial charge in [-0.1, -0.05) is 42.5 Å². The zero-order chi connectivity index (χ0) is 25.8. The lowest BCUT2D eigenvalue weighted by molar-refractivity contribution is -0.121. The quantitative estimate of drug-likeness (QED) is 0.518. The van der Waals surface area contributed by atoms with E-state index in [9.17, 15) is 14.7 Å². The molecule has 0 saturated carbocycles. The summed E-state index contributed by atoms with van der Waals surface area (Å²) < 4.78 is 5.36. The van der Waals surface area contributed by atoms with Crippen LogP contribution in [-0.2, 0) is 11.2 Å². The SMILES string of the molecule is COc1ccc2c(c1)N(C(=O)N1CCC(CO)(CC(=O)N(c3ccccc3)c3ccccc3)CC1)CC2. The highest BCUT2D eigenvalue weighted by Crippen LogP contribution is 2.39. The van der Waals surface area contributed by atoms with Crippen molar-refractivity contribution in [3.8, 4) is 5.75 Å². The number of rotatable bonds is 6. The molecule has 0 bridgehead atoms. The monoisotopic (exact) mass is 499 g/mol. The Labute approximate surface area is 217 Å². The van der Waals surface area contributed by atoms with Crippen LogP contribution in [-0.4, -0.2) is 55.3 Å². The number of piperidine rings is 1. The number of methoxy groups -OCH3 is 1. The first kappa shape index (κ1) is 24.8. The number of likely N-dealkylation sites (tertiary alicyclic amines) is 1. The Morgan fingerprint density at radius 1 is 0.919 bits per heavy atom. The first-order chi connectivity index (χ1) is 18.0. The molecule has 1 saturated heterocycles. The van der Waals surface area contributed by atoms with E-state index in [1.54, 1.807) is 12.0 Å². The molecule has 0 spiro atoms. The summed E-state index contributed by atoms with van der Waals surface area (Å²) in [6.45, 7) is 1.55. The van der Waals surface area contributed by atoms with Crippen molar-refractivity contribution in [2.45, 2.75) is 25.7 Å². The van der Waals surface area contributed by atoms with Crippen LogP contribution < -0.4 is 14.5 Å². The minimum absolute atomic E-state index is 0.0277. The molecule has 2 heterocycles. The van der Waals surface area contributed by atoms with Crippen molar-refractivity contribution >= 4 is 29.0 Å². The van der Waals surface area contributed by atoms with E-state index in [1.807, 2.05) is 88.7 Å². The molecule has 1 N–H and O–H groups in total. The lowest BCUT2D eigenvalue weighted by Crippen LogP contribution is -2.50. The van der Waals surface area contributed by atoms with Crippen LogP contribution in [0, 0.1) is 5.41 Å². The van der Waals surface area contributed by atoms with Crippen molar-refractivity contribution in [3.63, 3.8) is 0 Å². The predicted octanol–water partition coefficient (Wildman–Crippen LogP) is 5.01. The Morgan fingerprint density at radius 2 is 1.54 bits per heavy atom. The Morgan fingerprint density at radius 3 is 2.11 bits per heavy atom. The number of benzene rings is 3. The third-order valence-corrected chi connectivity index (χ3v) is 7.65. The molecule has 2 aliphatic heterocycles. The molecule has 0 atom stereocenters. The van der Waals surface area contributed by atoms with E-state index in [0.717, 1.165) is 34.8 Å². The second kappa shape index (κ2) is 10.6. The van der Waals surface area contributed by atoms with Crippen LogP contribution in [0.15, 0.2) is 78.9 Å². The van der Waals surface area contributed by atoms with Gasteiger partial charge in [-0.15, -0.1) is 0 Å². The topological polar surface area (TPSA) is 73.3 Å². The standard InChI is InChI=1S/C30H33N3O4/c1-37-26-13-12-23-14-17-32(27(23)20-26)29(36)31-18-15-30(22-34,16-19-31)21-28(35)33(24-8-4-2-5-9-24)25-10-6-3-7-11-25/h2-13,20,34H,14-19,21-22H2,1H3. The number of hydrogen-bond acceptors (Lipinski definition) is 4. The maximum absolute atomic E-state index is 13.7. The number of hydrogen-bond donors (Lipinski definition) is 1. The Balaban J connectivity index is 1.29. The highest BCUT2D eigenvalue weighted by atomic mass is 16.5. The summed E-state index contributed by atoms with van der Waals surface area (Å²) in [5, 5.41) is 10.4. The first-order valence-corrected chi connectivity index (χ1v) is 12.8. The Kier molecular flexibility index (Phi) is 7.15. The molecule has 7 heteroatoms.